The zero-order valence-electron chi connectivity index (χ0n) is 9.60. The van der Waals surface area contributed by atoms with E-state index in [0.717, 1.165) is 22.3 Å². The summed E-state index contributed by atoms with van der Waals surface area (Å²) in [4.78, 5) is 4.47. The van der Waals surface area contributed by atoms with Gasteiger partial charge in [-0.2, -0.15) is 16.7 Å². The van der Waals surface area contributed by atoms with E-state index in [1.54, 1.807) is 0 Å². The Morgan fingerprint density at radius 1 is 1.44 bits per heavy atom. The lowest BCUT2D eigenvalue weighted by atomic mass is 10.2. The van der Waals surface area contributed by atoms with Crippen LogP contribution in [0.15, 0.2) is 27.2 Å². The van der Waals surface area contributed by atoms with Crippen molar-refractivity contribution in [2.45, 2.75) is 18.1 Å². The average molecular weight is 326 g/mol. The summed E-state index contributed by atoms with van der Waals surface area (Å²) in [5.74, 6) is 2.54. The predicted octanol–water partition coefficient (Wildman–Crippen LogP) is 3.65. The van der Waals surface area contributed by atoms with Crippen LogP contribution in [0.2, 0.25) is 0 Å². The highest BCUT2D eigenvalue weighted by Crippen LogP contribution is 2.39. The molecule has 18 heavy (non-hydrogen) atoms. The molecule has 1 aromatic heterocycles. The minimum absolute atomic E-state index is 0.389. The second kappa shape index (κ2) is 4.93. The van der Waals surface area contributed by atoms with Gasteiger partial charge in [0.2, 0.25) is 0 Å². The molecule has 2 aromatic rings. The van der Waals surface area contributed by atoms with Gasteiger partial charge in [-0.25, -0.2) is 0 Å². The molecule has 1 atom stereocenters. The van der Waals surface area contributed by atoms with E-state index >= 15 is 0 Å². The number of nitrogens with zero attached hydrogens (tertiary/aromatic N) is 2. The van der Waals surface area contributed by atoms with Crippen LogP contribution >= 0.6 is 27.7 Å². The molecular weight excluding hydrogens is 314 g/mol. The molecule has 3 rings (SSSR count). The van der Waals surface area contributed by atoms with E-state index in [4.69, 9.17) is 10.3 Å². The molecule has 1 fully saturated rings. The van der Waals surface area contributed by atoms with E-state index in [9.17, 15) is 0 Å². The van der Waals surface area contributed by atoms with Crippen LogP contribution in [0.1, 0.15) is 23.9 Å². The van der Waals surface area contributed by atoms with E-state index in [2.05, 4.69) is 26.1 Å². The summed E-state index contributed by atoms with van der Waals surface area (Å²) < 4.78 is 6.16. The molecule has 4 nitrogen and oxygen atoms in total. The summed E-state index contributed by atoms with van der Waals surface area (Å²) in [6.07, 6.45) is 2.36. The zero-order chi connectivity index (χ0) is 12.5. The molecule has 6 heteroatoms. The number of aromatic nitrogens is 2. The molecule has 0 aliphatic carbocycles. The Morgan fingerprint density at radius 3 is 3.06 bits per heavy atom. The summed E-state index contributed by atoms with van der Waals surface area (Å²) in [6.45, 7) is 0. The van der Waals surface area contributed by atoms with E-state index in [1.165, 1.54) is 12.2 Å². The molecule has 1 saturated heterocycles. The maximum absolute atomic E-state index is 5.75. The molecule has 2 N–H and O–H groups in total. The van der Waals surface area contributed by atoms with E-state index < -0.39 is 0 Å². The van der Waals surface area contributed by atoms with Crippen molar-refractivity contribution in [1.29, 1.82) is 0 Å². The number of nitrogen functional groups attached to an aromatic ring is 1. The highest BCUT2D eigenvalue weighted by atomic mass is 79.9. The number of hydrogen-bond donors (Lipinski definition) is 1. The molecule has 0 spiro atoms. The molecule has 1 aliphatic rings. The van der Waals surface area contributed by atoms with Crippen LogP contribution in [-0.2, 0) is 0 Å². The lowest BCUT2D eigenvalue weighted by Gasteiger charge is -2.00. The number of thioether (sulfide) groups is 1. The van der Waals surface area contributed by atoms with E-state index in [-0.39, 0.29) is 0 Å². The second-order valence-electron chi connectivity index (χ2n) is 4.20. The lowest BCUT2D eigenvalue weighted by molar-refractivity contribution is 0.421. The first-order chi connectivity index (χ1) is 8.74. The molecule has 1 aromatic carbocycles. The zero-order valence-corrected chi connectivity index (χ0v) is 12.0. The Hall–Kier alpha value is -1.01. The number of anilines is 1. The van der Waals surface area contributed by atoms with Crippen LogP contribution in [0, 0.1) is 0 Å². The van der Waals surface area contributed by atoms with Crippen molar-refractivity contribution in [2.75, 3.05) is 11.5 Å². The summed E-state index contributed by atoms with van der Waals surface area (Å²) >= 11 is 5.29. The first-order valence-electron chi connectivity index (χ1n) is 5.74. The Labute approximate surface area is 117 Å². The molecule has 1 aliphatic heterocycles. The second-order valence-corrected chi connectivity index (χ2v) is 6.36. The Morgan fingerprint density at radius 2 is 2.33 bits per heavy atom. The van der Waals surface area contributed by atoms with Crippen molar-refractivity contribution in [3.05, 3.63) is 28.5 Å². The normalized spacial score (nSPS) is 19.3. The van der Waals surface area contributed by atoms with Crippen molar-refractivity contribution in [3.8, 4) is 11.5 Å². The van der Waals surface area contributed by atoms with E-state index in [1.807, 2.05) is 30.0 Å². The Bertz CT molecular complexity index is 566. The van der Waals surface area contributed by atoms with Crippen molar-refractivity contribution in [3.63, 3.8) is 0 Å². The predicted molar refractivity (Wildman–Crippen MR) is 76.3 cm³/mol. The van der Waals surface area contributed by atoms with Crippen molar-refractivity contribution < 1.29 is 4.52 Å². The van der Waals surface area contributed by atoms with Crippen LogP contribution in [0.5, 0.6) is 0 Å². The van der Waals surface area contributed by atoms with Crippen LogP contribution in [-0.4, -0.2) is 15.9 Å². The van der Waals surface area contributed by atoms with Gasteiger partial charge in [-0.3, -0.25) is 0 Å². The van der Waals surface area contributed by atoms with Crippen molar-refractivity contribution >= 4 is 33.4 Å². The van der Waals surface area contributed by atoms with Crippen LogP contribution in [0.25, 0.3) is 11.5 Å². The van der Waals surface area contributed by atoms with Crippen molar-refractivity contribution in [1.82, 2.24) is 10.1 Å². The first-order valence-corrected chi connectivity index (χ1v) is 7.59. The molecular formula is C12H12BrN3OS. The van der Waals surface area contributed by atoms with Gasteiger partial charge in [0.15, 0.2) is 5.82 Å². The summed E-state index contributed by atoms with van der Waals surface area (Å²) in [5.41, 5.74) is 7.34. The Kier molecular flexibility index (Phi) is 3.30. The molecule has 0 amide bonds. The van der Waals surface area contributed by atoms with Crippen molar-refractivity contribution in [2.24, 2.45) is 0 Å². The number of nitrogens with two attached hydrogens (primary N) is 1. The molecule has 0 saturated carbocycles. The van der Waals surface area contributed by atoms with Crippen LogP contribution < -0.4 is 5.73 Å². The molecule has 0 radical (unpaired) electrons. The largest absolute Gasteiger partial charge is 0.398 e. The highest BCUT2D eigenvalue weighted by Gasteiger charge is 2.23. The minimum atomic E-state index is 0.389. The first kappa shape index (κ1) is 12.0. The van der Waals surface area contributed by atoms with Gasteiger partial charge < -0.3 is 10.3 Å². The maximum Gasteiger partial charge on any atom is 0.258 e. The van der Waals surface area contributed by atoms with Gasteiger partial charge in [-0.05, 0) is 52.7 Å². The average Bonchev–Trinajstić information content (AvgIpc) is 3.01. The fourth-order valence-electron chi connectivity index (χ4n) is 1.92. The third-order valence-corrected chi connectivity index (χ3v) is 4.97. The van der Waals surface area contributed by atoms with E-state index in [0.29, 0.717) is 16.8 Å². The van der Waals surface area contributed by atoms with Gasteiger partial charge in [-0.1, -0.05) is 5.16 Å². The van der Waals surface area contributed by atoms with Crippen LogP contribution in [0.3, 0.4) is 0 Å². The fraction of sp³-hybridized carbons (Fsp3) is 0.333. The smallest absolute Gasteiger partial charge is 0.258 e. The monoisotopic (exact) mass is 325 g/mol. The minimum Gasteiger partial charge on any atom is -0.398 e. The van der Waals surface area contributed by atoms with Gasteiger partial charge >= 0.3 is 0 Å². The van der Waals surface area contributed by atoms with Crippen LogP contribution in [0.4, 0.5) is 5.69 Å². The SMILES string of the molecule is Nc1ccc(-c2nc(C3CCCS3)no2)cc1Br. The summed E-state index contributed by atoms with van der Waals surface area (Å²) in [5, 5.41) is 4.46. The Balaban J connectivity index is 1.89. The van der Waals surface area contributed by atoms with Gasteiger partial charge in [0.05, 0.1) is 5.25 Å². The summed E-state index contributed by atoms with van der Waals surface area (Å²) in [7, 11) is 0. The molecule has 2 heterocycles. The number of halogens is 1. The maximum atomic E-state index is 5.75. The molecule has 0 bridgehead atoms. The topological polar surface area (TPSA) is 64.9 Å². The fourth-order valence-corrected chi connectivity index (χ4v) is 3.50. The van der Waals surface area contributed by atoms with Gasteiger partial charge in [-0.15, -0.1) is 0 Å². The van der Waals surface area contributed by atoms with Gasteiger partial charge in [0.25, 0.3) is 5.89 Å². The third kappa shape index (κ3) is 2.27. The number of hydrogen-bond acceptors (Lipinski definition) is 5. The summed E-state index contributed by atoms with van der Waals surface area (Å²) in [6, 6.07) is 5.61. The van der Waals surface area contributed by atoms with Gasteiger partial charge in [0.1, 0.15) is 0 Å². The standard InChI is InChI=1S/C12H12BrN3OS/c13-8-6-7(3-4-9(8)14)12-15-11(16-17-12)10-2-1-5-18-10/h3-4,6,10H,1-2,5,14H2. The highest BCUT2D eigenvalue weighted by molar-refractivity contribution is 9.10. The quantitative estimate of drug-likeness (QED) is 0.854. The van der Waals surface area contributed by atoms with Gasteiger partial charge in [0, 0.05) is 15.7 Å². The number of benzene rings is 1. The molecule has 1 unspecified atom stereocenters. The third-order valence-electron chi connectivity index (χ3n) is 2.91. The lowest BCUT2D eigenvalue weighted by Crippen LogP contribution is -1.91. The number of rotatable bonds is 2. The molecule has 94 valence electrons.